The number of carboxylic acids is 1. The van der Waals surface area contributed by atoms with Crippen LogP contribution >= 0.6 is 0 Å². The molecule has 1 unspecified atom stereocenters. The van der Waals surface area contributed by atoms with Gasteiger partial charge in [-0.2, -0.15) is 0 Å². The molecule has 1 atom stereocenters. The van der Waals surface area contributed by atoms with Crippen molar-refractivity contribution in [1.82, 2.24) is 14.9 Å². The maximum absolute atomic E-state index is 12.6. The minimum atomic E-state index is -1.03. The zero-order valence-corrected chi connectivity index (χ0v) is 11.3. The number of amides is 1. The van der Waals surface area contributed by atoms with Crippen molar-refractivity contribution in [3.8, 4) is 0 Å². The summed E-state index contributed by atoms with van der Waals surface area (Å²) in [4.78, 5) is 32.6. The first kappa shape index (κ1) is 13.4. The molecule has 6 nitrogen and oxygen atoms in total. The molecule has 2 N–H and O–H groups in total. The molecule has 108 valence electrons. The third-order valence-electron chi connectivity index (χ3n) is 3.71. The van der Waals surface area contributed by atoms with E-state index in [1.807, 2.05) is 0 Å². The molecule has 0 aliphatic carbocycles. The SMILES string of the molecule is O=C(O)c1cccc(C(=O)N2CCCC2c2ncc[nH]2)c1. The van der Waals surface area contributed by atoms with Crippen LogP contribution in [0.2, 0.25) is 0 Å². The number of carbonyl (C=O) groups excluding carboxylic acids is 1. The number of nitrogens with one attached hydrogen (secondary N) is 1. The summed E-state index contributed by atoms with van der Waals surface area (Å²) in [7, 11) is 0. The van der Waals surface area contributed by atoms with Crippen LogP contribution in [0.3, 0.4) is 0 Å². The van der Waals surface area contributed by atoms with Gasteiger partial charge < -0.3 is 15.0 Å². The summed E-state index contributed by atoms with van der Waals surface area (Å²) in [6, 6.07) is 6.07. The van der Waals surface area contributed by atoms with Gasteiger partial charge in [-0.25, -0.2) is 9.78 Å². The van der Waals surface area contributed by atoms with Crippen LogP contribution in [0.5, 0.6) is 0 Å². The largest absolute Gasteiger partial charge is 0.478 e. The molecule has 0 spiro atoms. The summed E-state index contributed by atoms with van der Waals surface area (Å²) in [6.07, 6.45) is 5.18. The summed E-state index contributed by atoms with van der Waals surface area (Å²) < 4.78 is 0. The van der Waals surface area contributed by atoms with Gasteiger partial charge in [0.05, 0.1) is 11.6 Å². The number of carbonyl (C=O) groups is 2. The molecule has 1 fully saturated rings. The number of aromatic carboxylic acids is 1. The number of H-pyrrole nitrogens is 1. The van der Waals surface area contributed by atoms with Crippen molar-refractivity contribution in [2.24, 2.45) is 0 Å². The molecule has 0 saturated carbocycles. The number of carboxylic acid groups (broad SMARTS) is 1. The zero-order chi connectivity index (χ0) is 14.8. The fourth-order valence-corrected chi connectivity index (χ4v) is 2.70. The van der Waals surface area contributed by atoms with Crippen molar-refractivity contribution >= 4 is 11.9 Å². The lowest BCUT2D eigenvalue weighted by Crippen LogP contribution is -2.31. The Kier molecular flexibility index (Phi) is 3.43. The van der Waals surface area contributed by atoms with E-state index >= 15 is 0 Å². The first-order valence-electron chi connectivity index (χ1n) is 6.80. The minimum absolute atomic E-state index is 0.0685. The van der Waals surface area contributed by atoms with E-state index in [1.54, 1.807) is 29.4 Å². The van der Waals surface area contributed by atoms with E-state index in [0.29, 0.717) is 12.1 Å². The molecule has 21 heavy (non-hydrogen) atoms. The molecular weight excluding hydrogens is 270 g/mol. The molecule has 1 saturated heterocycles. The summed E-state index contributed by atoms with van der Waals surface area (Å²) in [5.41, 5.74) is 0.517. The third kappa shape index (κ3) is 2.52. The second-order valence-corrected chi connectivity index (χ2v) is 5.02. The molecule has 0 radical (unpaired) electrons. The summed E-state index contributed by atoms with van der Waals surface area (Å²) in [5, 5.41) is 9.02. The lowest BCUT2D eigenvalue weighted by atomic mass is 10.1. The maximum Gasteiger partial charge on any atom is 0.335 e. The van der Waals surface area contributed by atoms with Crippen molar-refractivity contribution in [1.29, 1.82) is 0 Å². The number of imidazole rings is 1. The van der Waals surface area contributed by atoms with Crippen LogP contribution < -0.4 is 0 Å². The van der Waals surface area contributed by atoms with Gasteiger partial charge in [0, 0.05) is 24.5 Å². The molecular formula is C15H15N3O3. The average molecular weight is 285 g/mol. The van der Waals surface area contributed by atoms with Crippen molar-refractivity contribution in [3.63, 3.8) is 0 Å². The van der Waals surface area contributed by atoms with Crippen molar-refractivity contribution in [2.75, 3.05) is 6.54 Å². The molecule has 1 amide bonds. The van der Waals surface area contributed by atoms with Crippen LogP contribution in [0.1, 0.15) is 45.4 Å². The standard InChI is InChI=1S/C15H15N3O3/c19-14(10-3-1-4-11(9-10)15(20)21)18-8-2-5-12(18)13-16-6-7-17-13/h1,3-4,6-7,9,12H,2,5,8H2,(H,16,17)(H,20,21). The minimum Gasteiger partial charge on any atom is -0.478 e. The van der Waals surface area contributed by atoms with Crippen molar-refractivity contribution in [3.05, 3.63) is 53.6 Å². The van der Waals surface area contributed by atoms with Gasteiger partial charge >= 0.3 is 5.97 Å². The molecule has 2 aromatic rings. The third-order valence-corrected chi connectivity index (χ3v) is 3.71. The fraction of sp³-hybridized carbons (Fsp3) is 0.267. The van der Waals surface area contributed by atoms with Gasteiger partial charge in [0.15, 0.2) is 0 Å². The lowest BCUT2D eigenvalue weighted by Gasteiger charge is -2.23. The maximum atomic E-state index is 12.6. The van der Waals surface area contributed by atoms with Gasteiger partial charge in [-0.3, -0.25) is 4.79 Å². The lowest BCUT2D eigenvalue weighted by molar-refractivity contribution is 0.0697. The summed E-state index contributed by atoms with van der Waals surface area (Å²) in [5.74, 6) is -0.416. The molecule has 1 aliphatic heterocycles. The van der Waals surface area contributed by atoms with Gasteiger partial charge in [-0.05, 0) is 31.0 Å². The van der Waals surface area contributed by atoms with Crippen LogP contribution in [-0.4, -0.2) is 38.4 Å². The number of hydrogen-bond donors (Lipinski definition) is 2. The van der Waals surface area contributed by atoms with Gasteiger partial charge in [-0.1, -0.05) is 6.07 Å². The number of likely N-dealkylation sites (tertiary alicyclic amines) is 1. The highest BCUT2D eigenvalue weighted by molar-refractivity contribution is 5.97. The van der Waals surface area contributed by atoms with Crippen LogP contribution in [0.4, 0.5) is 0 Å². The molecule has 1 aromatic carbocycles. The highest BCUT2D eigenvalue weighted by Gasteiger charge is 2.32. The Bertz CT molecular complexity index is 667. The Labute approximate surface area is 121 Å². The Morgan fingerprint density at radius 1 is 1.33 bits per heavy atom. The van der Waals surface area contributed by atoms with Crippen molar-refractivity contribution < 1.29 is 14.7 Å². The quantitative estimate of drug-likeness (QED) is 0.904. The van der Waals surface area contributed by atoms with Gasteiger partial charge in [-0.15, -0.1) is 0 Å². The molecule has 6 heteroatoms. The number of rotatable bonds is 3. The van der Waals surface area contributed by atoms with E-state index in [9.17, 15) is 9.59 Å². The van der Waals surface area contributed by atoms with Gasteiger partial charge in [0.2, 0.25) is 0 Å². The molecule has 1 aromatic heterocycles. The second kappa shape index (κ2) is 5.40. The molecule has 1 aliphatic rings. The highest BCUT2D eigenvalue weighted by atomic mass is 16.4. The van der Waals surface area contributed by atoms with E-state index in [2.05, 4.69) is 9.97 Å². The first-order valence-corrected chi connectivity index (χ1v) is 6.80. The topological polar surface area (TPSA) is 86.3 Å². The molecule has 3 rings (SSSR count). The van der Waals surface area contributed by atoms with Gasteiger partial charge in [0.1, 0.15) is 5.82 Å². The van der Waals surface area contributed by atoms with Crippen LogP contribution in [0, 0.1) is 0 Å². The van der Waals surface area contributed by atoms with E-state index in [0.717, 1.165) is 18.7 Å². The van der Waals surface area contributed by atoms with E-state index in [1.165, 1.54) is 12.1 Å². The van der Waals surface area contributed by atoms with E-state index in [-0.39, 0.29) is 17.5 Å². The number of benzene rings is 1. The number of aromatic amines is 1. The first-order chi connectivity index (χ1) is 10.2. The molecule has 0 bridgehead atoms. The number of hydrogen-bond acceptors (Lipinski definition) is 3. The zero-order valence-electron chi connectivity index (χ0n) is 11.3. The number of aromatic nitrogens is 2. The highest BCUT2D eigenvalue weighted by Crippen LogP contribution is 2.31. The smallest absolute Gasteiger partial charge is 0.335 e. The Morgan fingerprint density at radius 3 is 2.86 bits per heavy atom. The normalized spacial score (nSPS) is 17.9. The fourth-order valence-electron chi connectivity index (χ4n) is 2.70. The Balaban J connectivity index is 1.87. The van der Waals surface area contributed by atoms with E-state index < -0.39 is 5.97 Å². The monoisotopic (exact) mass is 285 g/mol. The summed E-state index contributed by atoms with van der Waals surface area (Å²) >= 11 is 0. The predicted molar refractivity (Wildman–Crippen MR) is 75.0 cm³/mol. The predicted octanol–water partition coefficient (Wildman–Crippen LogP) is 2.09. The second-order valence-electron chi connectivity index (χ2n) is 5.02. The van der Waals surface area contributed by atoms with Crippen LogP contribution in [-0.2, 0) is 0 Å². The molecule has 2 heterocycles. The van der Waals surface area contributed by atoms with E-state index in [4.69, 9.17) is 5.11 Å². The number of nitrogens with zero attached hydrogens (tertiary/aromatic N) is 2. The Morgan fingerprint density at radius 2 is 2.14 bits per heavy atom. The van der Waals surface area contributed by atoms with Gasteiger partial charge in [0.25, 0.3) is 5.91 Å². The summed E-state index contributed by atoms with van der Waals surface area (Å²) in [6.45, 7) is 0.654. The Hall–Kier alpha value is -2.63. The average Bonchev–Trinajstić information content (AvgIpc) is 3.17. The van der Waals surface area contributed by atoms with Crippen LogP contribution in [0.25, 0.3) is 0 Å². The van der Waals surface area contributed by atoms with Crippen LogP contribution in [0.15, 0.2) is 36.7 Å². The van der Waals surface area contributed by atoms with Crippen molar-refractivity contribution in [2.45, 2.75) is 18.9 Å².